The molecular weight excluding hydrogens is 386 g/mol. The van der Waals surface area contributed by atoms with Crippen molar-refractivity contribution in [2.75, 3.05) is 18.1 Å². The molecular formula is C19H18ClN3O3S. The molecule has 1 fully saturated rings. The summed E-state index contributed by atoms with van der Waals surface area (Å²) in [7, 11) is -3.96. The number of hydrogen-bond acceptors (Lipinski definition) is 5. The fourth-order valence-corrected chi connectivity index (χ4v) is 5.05. The van der Waals surface area contributed by atoms with Crippen molar-refractivity contribution in [2.24, 2.45) is 5.10 Å². The predicted molar refractivity (Wildman–Crippen MR) is 105 cm³/mol. The van der Waals surface area contributed by atoms with Crippen LogP contribution in [0.5, 0.6) is 0 Å². The van der Waals surface area contributed by atoms with E-state index in [1.165, 1.54) is 6.07 Å². The number of hydrazone groups is 1. The third kappa shape index (κ3) is 3.33. The molecule has 8 heteroatoms. The highest BCUT2D eigenvalue weighted by atomic mass is 35.5. The minimum Gasteiger partial charge on any atom is -0.337 e. The van der Waals surface area contributed by atoms with Gasteiger partial charge in [-0.25, -0.2) is 8.42 Å². The smallest absolute Gasteiger partial charge is 0.286 e. The minimum atomic E-state index is -3.96. The van der Waals surface area contributed by atoms with Gasteiger partial charge in [0.2, 0.25) is 14.9 Å². The van der Waals surface area contributed by atoms with E-state index in [9.17, 15) is 13.2 Å². The van der Waals surface area contributed by atoms with Crippen LogP contribution in [0.1, 0.15) is 18.4 Å². The van der Waals surface area contributed by atoms with E-state index in [2.05, 4.69) is 5.10 Å². The molecule has 2 aliphatic heterocycles. The van der Waals surface area contributed by atoms with Gasteiger partial charge in [-0.2, -0.15) is 5.10 Å². The Morgan fingerprint density at radius 3 is 2.56 bits per heavy atom. The number of fused-ring (bicyclic) bond motifs is 1. The van der Waals surface area contributed by atoms with Crippen molar-refractivity contribution in [1.29, 1.82) is 0 Å². The van der Waals surface area contributed by atoms with Gasteiger partial charge in [-0.15, -0.1) is 0 Å². The maximum Gasteiger partial charge on any atom is 0.286 e. The lowest BCUT2D eigenvalue weighted by Crippen LogP contribution is -2.42. The summed E-state index contributed by atoms with van der Waals surface area (Å²) in [4.78, 5) is 14.5. The summed E-state index contributed by atoms with van der Waals surface area (Å²) in [5.74, 6) is -0.530. The number of carbonyl (C=O) groups excluding carboxylic acids is 1. The summed E-state index contributed by atoms with van der Waals surface area (Å²) in [6, 6.07) is 13.9. The molecule has 0 aliphatic carbocycles. The Labute approximate surface area is 163 Å². The van der Waals surface area contributed by atoms with Crippen molar-refractivity contribution in [3.05, 3.63) is 59.1 Å². The Hall–Kier alpha value is -2.38. The van der Waals surface area contributed by atoms with Crippen LogP contribution in [0, 0.1) is 0 Å². The molecule has 0 N–H and O–H groups in total. The highest BCUT2D eigenvalue weighted by molar-refractivity contribution is 8.08. The zero-order valence-corrected chi connectivity index (χ0v) is 16.1. The van der Waals surface area contributed by atoms with Gasteiger partial charge in [-0.05, 0) is 42.7 Å². The molecule has 0 atom stereocenters. The van der Waals surface area contributed by atoms with Crippen LogP contribution in [-0.2, 0) is 21.2 Å². The van der Waals surface area contributed by atoms with Crippen LogP contribution >= 0.6 is 11.6 Å². The molecule has 6 nitrogen and oxygen atoms in total. The van der Waals surface area contributed by atoms with Crippen LogP contribution in [0.4, 0.5) is 5.69 Å². The van der Waals surface area contributed by atoms with Gasteiger partial charge in [0.1, 0.15) is 0 Å². The monoisotopic (exact) mass is 403 g/mol. The number of para-hydroxylation sites is 1. The van der Waals surface area contributed by atoms with Crippen LogP contribution < -0.4 is 5.01 Å². The Morgan fingerprint density at radius 1 is 1.07 bits per heavy atom. The van der Waals surface area contributed by atoms with Crippen molar-refractivity contribution < 1.29 is 13.2 Å². The Balaban J connectivity index is 1.78. The molecule has 0 bridgehead atoms. The SMILES string of the molecule is O=C(C1=NN(Cc2cccc(Cl)c2)c2ccccc2S1(=O)=O)N1CCCC1. The second-order valence-electron chi connectivity index (χ2n) is 6.56. The number of carbonyl (C=O) groups is 1. The van der Waals surface area contributed by atoms with Crippen LogP contribution in [-0.4, -0.2) is 37.4 Å². The third-order valence-electron chi connectivity index (χ3n) is 4.70. The molecule has 0 radical (unpaired) electrons. The lowest BCUT2D eigenvalue weighted by atomic mass is 10.2. The van der Waals surface area contributed by atoms with Crippen LogP contribution in [0.2, 0.25) is 5.02 Å². The van der Waals surface area contributed by atoms with E-state index >= 15 is 0 Å². The molecule has 1 saturated heterocycles. The molecule has 0 saturated carbocycles. The molecule has 0 spiro atoms. The lowest BCUT2D eigenvalue weighted by molar-refractivity contribution is -0.122. The molecule has 2 aliphatic rings. The molecule has 0 aromatic heterocycles. The van der Waals surface area contributed by atoms with E-state index in [1.54, 1.807) is 40.2 Å². The van der Waals surface area contributed by atoms with E-state index in [0.29, 0.717) is 30.3 Å². The highest BCUT2D eigenvalue weighted by Crippen LogP contribution is 2.33. The second kappa shape index (κ2) is 6.98. The van der Waals surface area contributed by atoms with Gasteiger partial charge in [0.05, 0.1) is 17.1 Å². The Bertz CT molecular complexity index is 1030. The largest absolute Gasteiger partial charge is 0.337 e. The average molecular weight is 404 g/mol. The Morgan fingerprint density at radius 2 is 1.81 bits per heavy atom. The summed E-state index contributed by atoms with van der Waals surface area (Å²) < 4.78 is 26.1. The number of hydrogen-bond donors (Lipinski definition) is 0. The molecule has 2 aromatic carbocycles. The first-order chi connectivity index (χ1) is 13.0. The average Bonchev–Trinajstić information content (AvgIpc) is 3.18. The number of amides is 1. The summed E-state index contributed by atoms with van der Waals surface area (Å²) in [5, 5.41) is 6.01. The number of rotatable bonds is 3. The fraction of sp³-hybridized carbons (Fsp3) is 0.263. The van der Waals surface area contributed by atoms with Gasteiger partial charge in [0.15, 0.2) is 0 Å². The van der Waals surface area contributed by atoms with Crippen molar-refractivity contribution in [3.63, 3.8) is 0 Å². The van der Waals surface area contributed by atoms with Crippen molar-refractivity contribution in [1.82, 2.24) is 4.90 Å². The number of benzene rings is 2. The van der Waals surface area contributed by atoms with E-state index in [1.807, 2.05) is 12.1 Å². The standard InChI is InChI=1S/C19H18ClN3O3S/c20-15-7-5-6-14(12-15)13-23-16-8-1-2-9-17(16)27(25,26)18(21-23)19(24)22-10-3-4-11-22/h1-2,5-9,12H,3-4,10-11,13H2. The van der Waals surface area contributed by atoms with Crippen LogP contribution in [0.3, 0.4) is 0 Å². The zero-order valence-electron chi connectivity index (χ0n) is 14.5. The topological polar surface area (TPSA) is 70.0 Å². The first-order valence-electron chi connectivity index (χ1n) is 8.71. The second-order valence-corrected chi connectivity index (χ2v) is 8.83. The van der Waals surface area contributed by atoms with Gasteiger partial charge < -0.3 is 4.90 Å². The van der Waals surface area contributed by atoms with E-state index in [4.69, 9.17) is 11.6 Å². The van der Waals surface area contributed by atoms with E-state index in [-0.39, 0.29) is 4.90 Å². The normalized spacial score (nSPS) is 18.2. The summed E-state index contributed by atoms with van der Waals surface area (Å²) >= 11 is 6.06. The molecule has 2 aromatic rings. The fourth-order valence-electron chi connectivity index (χ4n) is 3.36. The van der Waals surface area contributed by atoms with Crippen molar-refractivity contribution in [3.8, 4) is 0 Å². The van der Waals surface area contributed by atoms with Crippen LogP contribution in [0.25, 0.3) is 0 Å². The summed E-state index contributed by atoms with van der Waals surface area (Å²) in [6.07, 6.45) is 1.75. The molecule has 140 valence electrons. The van der Waals surface area contributed by atoms with Crippen molar-refractivity contribution >= 4 is 38.1 Å². The third-order valence-corrected chi connectivity index (χ3v) is 6.62. The van der Waals surface area contributed by atoms with Crippen LogP contribution in [0.15, 0.2) is 58.5 Å². The lowest BCUT2D eigenvalue weighted by Gasteiger charge is -2.28. The minimum absolute atomic E-state index is 0.101. The summed E-state index contributed by atoms with van der Waals surface area (Å²) in [6.45, 7) is 1.43. The number of sulfone groups is 1. The van der Waals surface area contributed by atoms with Gasteiger partial charge in [0, 0.05) is 18.1 Å². The molecule has 27 heavy (non-hydrogen) atoms. The Kier molecular flexibility index (Phi) is 4.65. The van der Waals surface area contributed by atoms with Gasteiger partial charge >= 0.3 is 0 Å². The quantitative estimate of drug-likeness (QED) is 0.789. The van der Waals surface area contributed by atoms with E-state index in [0.717, 1.165) is 18.4 Å². The molecule has 4 rings (SSSR count). The number of nitrogens with zero attached hydrogens (tertiary/aromatic N) is 3. The summed E-state index contributed by atoms with van der Waals surface area (Å²) in [5.41, 5.74) is 1.32. The van der Waals surface area contributed by atoms with Crippen molar-refractivity contribution in [2.45, 2.75) is 24.3 Å². The molecule has 0 unspecified atom stereocenters. The predicted octanol–water partition coefficient (Wildman–Crippen LogP) is 3.07. The first kappa shape index (κ1) is 18.0. The number of anilines is 1. The van der Waals surface area contributed by atoms with Gasteiger partial charge in [0.25, 0.3) is 5.91 Å². The molecule has 1 amide bonds. The highest BCUT2D eigenvalue weighted by Gasteiger charge is 2.39. The zero-order chi connectivity index (χ0) is 19.0. The maximum absolute atomic E-state index is 13.0. The first-order valence-corrected chi connectivity index (χ1v) is 10.6. The number of likely N-dealkylation sites (tertiary alicyclic amines) is 1. The van der Waals surface area contributed by atoms with E-state index < -0.39 is 20.8 Å². The molecule has 2 heterocycles. The number of halogens is 1. The maximum atomic E-state index is 13.0. The van der Waals surface area contributed by atoms with Gasteiger partial charge in [-0.1, -0.05) is 35.9 Å². The van der Waals surface area contributed by atoms with Gasteiger partial charge in [-0.3, -0.25) is 9.80 Å².